The molecular weight excluding hydrogens is 216 g/mol. The van der Waals surface area contributed by atoms with Crippen molar-refractivity contribution in [2.75, 3.05) is 5.73 Å². The van der Waals surface area contributed by atoms with Crippen LogP contribution in [0.1, 0.15) is 0 Å². The number of aromatic nitrogens is 5. The van der Waals surface area contributed by atoms with Crippen molar-refractivity contribution in [1.29, 1.82) is 0 Å². The van der Waals surface area contributed by atoms with Gasteiger partial charge in [0.05, 0.1) is 5.52 Å². The van der Waals surface area contributed by atoms with Gasteiger partial charge in [-0.2, -0.15) is 0 Å². The molecule has 1 aromatic carbocycles. The number of rotatable bonds is 0. The number of nitrogens with two attached hydrogens (primary N) is 1. The number of fused-ring (bicyclic) bond motifs is 3. The van der Waals surface area contributed by atoms with Crippen molar-refractivity contribution in [3.05, 3.63) is 18.3 Å². The van der Waals surface area contributed by atoms with Crippen LogP contribution in [0, 0.1) is 0 Å². The summed E-state index contributed by atoms with van der Waals surface area (Å²) in [5.74, 6) is 0.355. The van der Waals surface area contributed by atoms with Crippen LogP contribution in [0.25, 0.3) is 21.9 Å². The second kappa shape index (κ2) is 3.32. The molecule has 0 saturated carbocycles. The Morgan fingerprint density at radius 2 is 2.07 bits per heavy atom. The van der Waals surface area contributed by atoms with E-state index in [1.807, 2.05) is 12.1 Å². The zero-order chi connectivity index (χ0) is 9.54. The van der Waals surface area contributed by atoms with Gasteiger partial charge in [-0.15, -0.1) is 22.6 Å². The van der Waals surface area contributed by atoms with Gasteiger partial charge < -0.3 is 10.7 Å². The Labute approximate surface area is 90.3 Å². The van der Waals surface area contributed by atoms with Gasteiger partial charge in [-0.25, -0.2) is 4.98 Å². The van der Waals surface area contributed by atoms with Crippen LogP contribution < -0.4 is 5.73 Å². The summed E-state index contributed by atoms with van der Waals surface area (Å²) in [6.45, 7) is 0. The lowest BCUT2D eigenvalue weighted by atomic mass is 10.2. The van der Waals surface area contributed by atoms with Crippen molar-refractivity contribution < 1.29 is 0 Å². The fraction of sp³-hybridized carbons (Fsp3) is 0. The number of anilines is 1. The number of benzene rings is 1. The zero-order valence-electron chi connectivity index (χ0n) is 7.51. The van der Waals surface area contributed by atoms with E-state index < -0.39 is 0 Å². The van der Waals surface area contributed by atoms with E-state index >= 15 is 0 Å². The van der Waals surface area contributed by atoms with Gasteiger partial charge in [-0.1, -0.05) is 0 Å². The second-order valence-corrected chi connectivity index (χ2v) is 2.96. The van der Waals surface area contributed by atoms with Crippen LogP contribution in [-0.4, -0.2) is 25.4 Å². The summed E-state index contributed by atoms with van der Waals surface area (Å²) in [6.07, 6.45) is 1.69. The number of halogens is 1. The van der Waals surface area contributed by atoms with Crippen LogP contribution >= 0.6 is 12.4 Å². The van der Waals surface area contributed by atoms with Crippen LogP contribution in [0.3, 0.4) is 0 Å². The van der Waals surface area contributed by atoms with Crippen LogP contribution in [0.4, 0.5) is 5.95 Å². The number of aromatic amines is 1. The fourth-order valence-electron chi connectivity index (χ4n) is 1.43. The SMILES string of the molecule is Cl.Nc1ncc2ccc3nnnc3c2[nH]1. The minimum absolute atomic E-state index is 0. The van der Waals surface area contributed by atoms with E-state index in [1.165, 1.54) is 0 Å². The topological polar surface area (TPSA) is 93.4 Å². The number of hydrogen-bond donors (Lipinski definition) is 2. The predicted octanol–water partition coefficient (Wildman–Crippen LogP) is 0.905. The lowest BCUT2D eigenvalue weighted by molar-refractivity contribution is 0.960. The highest BCUT2D eigenvalue weighted by Crippen LogP contribution is 2.19. The minimum atomic E-state index is 0. The molecular formula is C8H7ClN6. The van der Waals surface area contributed by atoms with Gasteiger partial charge in [0.2, 0.25) is 0 Å². The molecule has 3 rings (SSSR count). The molecule has 15 heavy (non-hydrogen) atoms. The number of hydrogen-bond acceptors (Lipinski definition) is 5. The molecule has 3 N–H and O–H groups in total. The predicted molar refractivity (Wildman–Crippen MR) is 58.6 cm³/mol. The number of H-pyrrole nitrogens is 1. The van der Waals surface area contributed by atoms with Crippen LogP contribution in [0.2, 0.25) is 0 Å². The zero-order valence-corrected chi connectivity index (χ0v) is 8.32. The van der Waals surface area contributed by atoms with E-state index in [0.29, 0.717) is 5.95 Å². The van der Waals surface area contributed by atoms with E-state index in [9.17, 15) is 0 Å². The highest BCUT2D eigenvalue weighted by atomic mass is 35.5. The molecule has 76 valence electrons. The maximum absolute atomic E-state index is 5.55. The quantitative estimate of drug-likeness (QED) is 0.590. The third kappa shape index (κ3) is 1.35. The summed E-state index contributed by atoms with van der Waals surface area (Å²) < 4.78 is 0. The molecule has 0 aliphatic heterocycles. The fourth-order valence-corrected chi connectivity index (χ4v) is 1.43. The average molecular weight is 223 g/mol. The monoisotopic (exact) mass is 222 g/mol. The summed E-state index contributed by atoms with van der Waals surface area (Å²) in [5, 5.41) is 12.3. The molecule has 0 spiro atoms. The van der Waals surface area contributed by atoms with Crippen molar-refractivity contribution >= 4 is 40.3 Å². The van der Waals surface area contributed by atoms with E-state index in [0.717, 1.165) is 21.9 Å². The summed E-state index contributed by atoms with van der Waals surface area (Å²) in [6, 6.07) is 3.75. The summed E-state index contributed by atoms with van der Waals surface area (Å²) in [5.41, 5.74) is 7.84. The van der Waals surface area contributed by atoms with Gasteiger partial charge >= 0.3 is 0 Å². The Balaban J connectivity index is 0.000000853. The van der Waals surface area contributed by atoms with Gasteiger partial charge in [0.15, 0.2) is 5.95 Å². The first-order valence-electron chi connectivity index (χ1n) is 4.07. The van der Waals surface area contributed by atoms with Gasteiger partial charge in [0.25, 0.3) is 0 Å². The summed E-state index contributed by atoms with van der Waals surface area (Å²) in [7, 11) is 0. The number of nitrogens with zero attached hydrogens (tertiary/aromatic N) is 4. The highest BCUT2D eigenvalue weighted by molar-refractivity contribution is 6.00. The molecule has 6 nitrogen and oxygen atoms in total. The van der Waals surface area contributed by atoms with E-state index in [1.54, 1.807) is 6.20 Å². The molecule has 7 heteroatoms. The Morgan fingerprint density at radius 1 is 1.20 bits per heavy atom. The van der Waals surface area contributed by atoms with Gasteiger partial charge in [-0.3, -0.25) is 0 Å². The van der Waals surface area contributed by atoms with Gasteiger partial charge in [0.1, 0.15) is 11.0 Å². The van der Waals surface area contributed by atoms with Crippen molar-refractivity contribution in [3.63, 3.8) is 0 Å². The Morgan fingerprint density at radius 3 is 2.93 bits per heavy atom. The van der Waals surface area contributed by atoms with Gasteiger partial charge in [-0.05, 0) is 17.3 Å². The van der Waals surface area contributed by atoms with E-state index in [2.05, 4.69) is 25.4 Å². The molecule has 0 radical (unpaired) electrons. The molecule has 0 unspecified atom stereocenters. The molecule has 0 atom stereocenters. The Kier molecular flexibility index (Phi) is 2.12. The molecule has 0 fully saturated rings. The highest BCUT2D eigenvalue weighted by Gasteiger charge is 2.05. The molecule has 0 saturated heterocycles. The van der Waals surface area contributed by atoms with Crippen LogP contribution in [0.5, 0.6) is 0 Å². The summed E-state index contributed by atoms with van der Waals surface area (Å²) in [4.78, 5) is 6.90. The normalized spacial score (nSPS) is 10.4. The molecule has 2 aromatic heterocycles. The van der Waals surface area contributed by atoms with E-state index in [-0.39, 0.29) is 12.4 Å². The largest absolute Gasteiger partial charge is 0.369 e. The molecule has 2 heterocycles. The van der Waals surface area contributed by atoms with Crippen molar-refractivity contribution in [3.8, 4) is 0 Å². The first kappa shape index (κ1) is 9.60. The second-order valence-electron chi connectivity index (χ2n) is 2.96. The lowest BCUT2D eigenvalue weighted by Crippen LogP contribution is -1.94. The summed E-state index contributed by atoms with van der Waals surface area (Å²) >= 11 is 0. The third-order valence-electron chi connectivity index (χ3n) is 2.08. The third-order valence-corrected chi connectivity index (χ3v) is 2.08. The lowest BCUT2D eigenvalue weighted by Gasteiger charge is -1.98. The molecule has 0 amide bonds. The smallest absolute Gasteiger partial charge is 0.197 e. The molecule has 3 aromatic rings. The molecule has 0 aliphatic rings. The van der Waals surface area contributed by atoms with E-state index in [4.69, 9.17) is 5.73 Å². The Hall–Kier alpha value is -1.95. The molecule has 0 bridgehead atoms. The Bertz CT molecular complexity index is 619. The van der Waals surface area contributed by atoms with Crippen LogP contribution in [-0.2, 0) is 0 Å². The number of nitrogen functional groups attached to an aromatic ring is 1. The first-order chi connectivity index (χ1) is 6.84. The maximum atomic E-state index is 5.55. The molecule has 0 aliphatic carbocycles. The van der Waals surface area contributed by atoms with Crippen molar-refractivity contribution in [1.82, 2.24) is 25.4 Å². The van der Waals surface area contributed by atoms with Crippen molar-refractivity contribution in [2.24, 2.45) is 0 Å². The first-order valence-corrected chi connectivity index (χ1v) is 4.07. The maximum Gasteiger partial charge on any atom is 0.197 e. The van der Waals surface area contributed by atoms with Crippen molar-refractivity contribution in [2.45, 2.75) is 0 Å². The standard InChI is InChI=1S/C8H6N6.ClH/c9-8-10-3-4-1-2-5-7(6(4)11-8)13-14-12-5;/h1-3H,(H3,9,10,11);1H. The average Bonchev–Trinajstić information content (AvgIpc) is 2.65. The minimum Gasteiger partial charge on any atom is -0.369 e. The van der Waals surface area contributed by atoms with Gasteiger partial charge in [0, 0.05) is 11.6 Å². The van der Waals surface area contributed by atoms with Crippen LogP contribution in [0.15, 0.2) is 18.3 Å². The number of nitrogens with one attached hydrogen (secondary N) is 1.